The minimum Gasteiger partial charge on any atom is -0.337 e. The van der Waals surface area contributed by atoms with Gasteiger partial charge in [0.15, 0.2) is 0 Å². The molecule has 0 unspecified atom stereocenters. The maximum Gasteiger partial charge on any atom is 0.321 e. The van der Waals surface area contributed by atoms with Crippen molar-refractivity contribution in [3.05, 3.63) is 42.0 Å². The van der Waals surface area contributed by atoms with Crippen LogP contribution in [0.15, 0.2) is 42.0 Å². The molecule has 0 saturated carbocycles. The fraction of sp³-hybridized carbons (Fsp3) is 0.522. The number of carbonyl (C=O) groups is 3. The average Bonchev–Trinajstić information content (AvgIpc) is 2.76. The zero-order valence-corrected chi connectivity index (χ0v) is 18.1. The lowest BCUT2D eigenvalue weighted by atomic mass is 9.97. The second-order valence-corrected chi connectivity index (χ2v) is 8.13. The van der Waals surface area contributed by atoms with Crippen molar-refractivity contribution in [1.29, 1.82) is 0 Å². The van der Waals surface area contributed by atoms with Crippen LogP contribution in [0.2, 0.25) is 0 Å². The van der Waals surface area contributed by atoms with Crippen LogP contribution >= 0.6 is 0 Å². The van der Waals surface area contributed by atoms with E-state index in [-0.39, 0.29) is 18.4 Å². The summed E-state index contributed by atoms with van der Waals surface area (Å²) in [5, 5.41) is 8.06. The number of para-hydroxylation sites is 1. The van der Waals surface area contributed by atoms with Crippen LogP contribution in [-0.4, -0.2) is 73.5 Å². The van der Waals surface area contributed by atoms with E-state index in [4.69, 9.17) is 0 Å². The van der Waals surface area contributed by atoms with Gasteiger partial charge in [-0.1, -0.05) is 29.8 Å². The zero-order chi connectivity index (χ0) is 21.9. The first-order chi connectivity index (χ1) is 15.1. The summed E-state index contributed by atoms with van der Waals surface area (Å²) in [7, 11) is 0. The average molecular weight is 428 g/mol. The predicted octanol–water partition coefficient (Wildman–Crippen LogP) is 1.96. The Bertz CT molecular complexity index is 773. The van der Waals surface area contributed by atoms with Gasteiger partial charge in [0.05, 0.1) is 13.1 Å². The highest BCUT2D eigenvalue weighted by atomic mass is 16.2. The number of benzene rings is 1. The lowest BCUT2D eigenvalue weighted by Gasteiger charge is -2.33. The van der Waals surface area contributed by atoms with E-state index >= 15 is 0 Å². The van der Waals surface area contributed by atoms with Gasteiger partial charge in [0.25, 0.3) is 0 Å². The summed E-state index contributed by atoms with van der Waals surface area (Å²) in [5.41, 5.74) is 2.18. The highest BCUT2D eigenvalue weighted by molar-refractivity contribution is 5.95. The number of amides is 4. The van der Waals surface area contributed by atoms with Gasteiger partial charge in [-0.15, -0.1) is 0 Å². The first-order valence-corrected chi connectivity index (χ1v) is 11.1. The van der Waals surface area contributed by atoms with Crippen LogP contribution in [0.4, 0.5) is 10.5 Å². The normalized spacial score (nSPS) is 17.5. The lowest BCUT2D eigenvalue weighted by Crippen LogP contribution is -2.52. The van der Waals surface area contributed by atoms with Gasteiger partial charge in [-0.05, 0) is 44.2 Å². The number of hydrogen-bond donors (Lipinski definition) is 3. The number of rotatable bonds is 8. The Kier molecular flexibility index (Phi) is 9.05. The number of carbonyl (C=O) groups excluding carboxylic acids is 3. The van der Waals surface area contributed by atoms with E-state index in [1.54, 1.807) is 0 Å². The van der Waals surface area contributed by atoms with E-state index < -0.39 is 6.03 Å². The van der Waals surface area contributed by atoms with Crippen molar-refractivity contribution in [1.82, 2.24) is 20.4 Å². The number of nitrogens with zero attached hydrogens (tertiary/aromatic N) is 2. The SMILES string of the molecule is O=C(CN1CCN(CC(=O)Nc2ccccc2)CC1)NC(=O)NCCC1=CCCCC1. The van der Waals surface area contributed by atoms with Gasteiger partial charge in [0.2, 0.25) is 11.8 Å². The predicted molar refractivity (Wildman–Crippen MR) is 121 cm³/mol. The van der Waals surface area contributed by atoms with E-state index in [0.29, 0.717) is 39.3 Å². The number of piperazine rings is 1. The van der Waals surface area contributed by atoms with Gasteiger partial charge in [0.1, 0.15) is 0 Å². The van der Waals surface area contributed by atoms with Crippen molar-refractivity contribution < 1.29 is 14.4 Å². The molecule has 3 N–H and O–H groups in total. The molecule has 1 aromatic carbocycles. The molecule has 8 heteroatoms. The minimum atomic E-state index is -0.433. The Balaban J connectivity index is 1.27. The van der Waals surface area contributed by atoms with Crippen molar-refractivity contribution in [2.24, 2.45) is 0 Å². The van der Waals surface area contributed by atoms with Gasteiger partial charge >= 0.3 is 6.03 Å². The molecular formula is C23H33N5O3. The molecule has 3 rings (SSSR count). The molecule has 1 aliphatic carbocycles. The molecule has 168 valence electrons. The van der Waals surface area contributed by atoms with Crippen LogP contribution < -0.4 is 16.0 Å². The van der Waals surface area contributed by atoms with Gasteiger partial charge in [-0.2, -0.15) is 0 Å². The third-order valence-corrected chi connectivity index (χ3v) is 5.63. The second-order valence-electron chi connectivity index (χ2n) is 8.13. The molecule has 0 spiro atoms. The first kappa shape index (κ1) is 23.0. The van der Waals surface area contributed by atoms with E-state index in [1.165, 1.54) is 18.4 Å². The number of allylic oxidation sites excluding steroid dienone is 1. The third-order valence-electron chi connectivity index (χ3n) is 5.63. The largest absolute Gasteiger partial charge is 0.337 e. The molecule has 1 saturated heterocycles. The van der Waals surface area contributed by atoms with Crippen molar-refractivity contribution in [2.45, 2.75) is 32.1 Å². The van der Waals surface area contributed by atoms with Crippen molar-refractivity contribution in [3.63, 3.8) is 0 Å². The molecule has 2 aliphatic rings. The van der Waals surface area contributed by atoms with Crippen LogP contribution in [0, 0.1) is 0 Å². The van der Waals surface area contributed by atoms with Crippen molar-refractivity contribution in [3.8, 4) is 0 Å². The van der Waals surface area contributed by atoms with Crippen LogP contribution in [0.5, 0.6) is 0 Å². The van der Waals surface area contributed by atoms with Crippen molar-refractivity contribution in [2.75, 3.05) is 51.1 Å². The van der Waals surface area contributed by atoms with Crippen LogP contribution in [0.25, 0.3) is 0 Å². The van der Waals surface area contributed by atoms with E-state index in [2.05, 4.69) is 26.9 Å². The molecule has 1 aromatic rings. The summed E-state index contributed by atoms with van der Waals surface area (Å²) < 4.78 is 0. The van der Waals surface area contributed by atoms with Gasteiger partial charge in [0, 0.05) is 38.4 Å². The molecule has 1 aliphatic heterocycles. The van der Waals surface area contributed by atoms with Gasteiger partial charge < -0.3 is 10.6 Å². The number of imide groups is 1. The fourth-order valence-corrected chi connectivity index (χ4v) is 3.91. The van der Waals surface area contributed by atoms with E-state index in [1.807, 2.05) is 35.2 Å². The molecule has 31 heavy (non-hydrogen) atoms. The molecular weight excluding hydrogens is 394 g/mol. The molecule has 0 bridgehead atoms. The van der Waals surface area contributed by atoms with Crippen molar-refractivity contribution >= 4 is 23.5 Å². The number of nitrogens with one attached hydrogen (secondary N) is 3. The van der Waals surface area contributed by atoms with Gasteiger partial charge in [-0.3, -0.25) is 24.7 Å². The zero-order valence-electron chi connectivity index (χ0n) is 18.1. The molecule has 4 amide bonds. The maximum atomic E-state index is 12.2. The Morgan fingerprint density at radius 1 is 0.871 bits per heavy atom. The van der Waals surface area contributed by atoms with E-state index in [0.717, 1.165) is 24.9 Å². The summed E-state index contributed by atoms with van der Waals surface area (Å²) in [5.74, 6) is -0.345. The summed E-state index contributed by atoms with van der Waals surface area (Å²) in [6, 6.07) is 8.96. The Morgan fingerprint density at radius 2 is 1.55 bits per heavy atom. The van der Waals surface area contributed by atoms with Crippen LogP contribution in [-0.2, 0) is 9.59 Å². The smallest absolute Gasteiger partial charge is 0.321 e. The fourth-order valence-electron chi connectivity index (χ4n) is 3.91. The number of urea groups is 1. The molecule has 1 fully saturated rings. The Morgan fingerprint density at radius 3 is 2.19 bits per heavy atom. The number of anilines is 1. The van der Waals surface area contributed by atoms with Crippen LogP contribution in [0.3, 0.4) is 0 Å². The highest BCUT2D eigenvalue weighted by Crippen LogP contribution is 2.19. The standard InChI is InChI=1S/C23H33N5O3/c29-21(25-20-9-5-2-6-10-20)17-27-13-15-28(16-14-27)18-22(30)26-23(31)24-12-11-19-7-3-1-4-8-19/h2,5-7,9-10H,1,3-4,8,11-18H2,(H,25,29)(H2,24,26,30,31). The maximum absolute atomic E-state index is 12.2. The second kappa shape index (κ2) is 12.2. The Hall–Kier alpha value is -2.71. The molecule has 1 heterocycles. The Labute approximate surface area is 184 Å². The topological polar surface area (TPSA) is 93.8 Å². The lowest BCUT2D eigenvalue weighted by molar-refractivity contribution is -0.122. The third kappa shape index (κ3) is 8.51. The highest BCUT2D eigenvalue weighted by Gasteiger charge is 2.21. The summed E-state index contributed by atoms with van der Waals surface area (Å²) in [6.45, 7) is 3.84. The molecule has 8 nitrogen and oxygen atoms in total. The molecule has 0 aromatic heterocycles. The van der Waals surface area contributed by atoms with Crippen LogP contribution in [0.1, 0.15) is 32.1 Å². The summed E-state index contributed by atoms with van der Waals surface area (Å²) in [4.78, 5) is 40.3. The number of hydrogen-bond acceptors (Lipinski definition) is 5. The van der Waals surface area contributed by atoms with E-state index in [9.17, 15) is 14.4 Å². The first-order valence-electron chi connectivity index (χ1n) is 11.1. The van der Waals surface area contributed by atoms with Gasteiger partial charge in [-0.25, -0.2) is 4.79 Å². The quantitative estimate of drug-likeness (QED) is 0.552. The summed E-state index contributed by atoms with van der Waals surface area (Å²) in [6.07, 6.45) is 7.83. The molecule has 0 atom stereocenters. The minimum absolute atomic E-state index is 0.0435. The summed E-state index contributed by atoms with van der Waals surface area (Å²) >= 11 is 0. The monoisotopic (exact) mass is 427 g/mol. The molecule has 0 radical (unpaired) electrons.